The molecule has 106 valence electrons. The van der Waals surface area contributed by atoms with Crippen molar-refractivity contribution in [2.75, 3.05) is 14.2 Å². The van der Waals surface area contributed by atoms with Crippen LogP contribution in [0.5, 0.6) is 0 Å². The topological polar surface area (TPSA) is 52.6 Å². The number of hydrogen-bond donors (Lipinski definition) is 0. The van der Waals surface area contributed by atoms with E-state index in [0.717, 1.165) is 5.56 Å². The number of hydrogen-bond acceptors (Lipinski definition) is 4. The summed E-state index contributed by atoms with van der Waals surface area (Å²) in [5.74, 6) is 1.06. The number of methoxy groups -OCH3 is 2. The van der Waals surface area contributed by atoms with Crippen molar-refractivity contribution in [3.05, 3.63) is 35.9 Å². The van der Waals surface area contributed by atoms with Gasteiger partial charge in [-0.05, 0) is 18.4 Å². The minimum Gasteiger partial charge on any atom is -0.468 e. The minimum atomic E-state index is -1.44. The third-order valence-corrected chi connectivity index (χ3v) is 3.24. The summed E-state index contributed by atoms with van der Waals surface area (Å²) < 4.78 is 9.49. The smallest absolute Gasteiger partial charge is 0.324 e. The molecule has 0 bridgehead atoms. The number of carbonyl (C=O) groups excluding carboxylic acids is 2. The summed E-state index contributed by atoms with van der Waals surface area (Å²) in [5, 5.41) is 0. The standard InChI is InChI=1S/C16H18O4/c1-4-11-16(14(17)19-2,15(18)20-3)12-10-13-8-6-5-7-9-13/h1,5-9H,10-12H2,2-3H3. The third-order valence-electron chi connectivity index (χ3n) is 3.24. The third kappa shape index (κ3) is 3.39. The Labute approximate surface area is 119 Å². The normalized spacial score (nSPS) is 10.4. The first-order chi connectivity index (χ1) is 9.60. The molecule has 0 fully saturated rings. The van der Waals surface area contributed by atoms with Gasteiger partial charge >= 0.3 is 11.9 Å². The summed E-state index contributed by atoms with van der Waals surface area (Å²) in [5.41, 5.74) is -0.421. The van der Waals surface area contributed by atoms with Crippen LogP contribution in [-0.2, 0) is 25.5 Å². The van der Waals surface area contributed by atoms with Crippen LogP contribution in [0.1, 0.15) is 18.4 Å². The predicted octanol–water partition coefficient (Wildman–Crippen LogP) is 1.97. The van der Waals surface area contributed by atoms with E-state index in [2.05, 4.69) is 5.92 Å². The minimum absolute atomic E-state index is 0.0425. The Kier molecular flexibility index (Phi) is 5.79. The van der Waals surface area contributed by atoms with Gasteiger partial charge in [0.15, 0.2) is 5.41 Å². The summed E-state index contributed by atoms with van der Waals surface area (Å²) in [4.78, 5) is 24.1. The highest BCUT2D eigenvalue weighted by molar-refractivity contribution is 6.00. The van der Waals surface area contributed by atoms with Gasteiger partial charge in [0.1, 0.15) is 0 Å². The van der Waals surface area contributed by atoms with Gasteiger partial charge in [0.25, 0.3) is 0 Å². The molecule has 1 aromatic carbocycles. The molecule has 0 atom stereocenters. The van der Waals surface area contributed by atoms with Gasteiger partial charge in [-0.25, -0.2) is 0 Å². The molecule has 0 N–H and O–H groups in total. The lowest BCUT2D eigenvalue weighted by molar-refractivity contribution is -0.169. The fourth-order valence-electron chi connectivity index (χ4n) is 2.09. The lowest BCUT2D eigenvalue weighted by Crippen LogP contribution is -2.41. The van der Waals surface area contributed by atoms with Crippen LogP contribution in [0.2, 0.25) is 0 Å². The molecule has 0 aliphatic carbocycles. The Morgan fingerprint density at radius 1 is 1.15 bits per heavy atom. The molecule has 1 rings (SSSR count). The van der Waals surface area contributed by atoms with Gasteiger partial charge in [0, 0.05) is 6.42 Å². The van der Waals surface area contributed by atoms with E-state index in [1.165, 1.54) is 14.2 Å². The van der Waals surface area contributed by atoms with Crippen LogP contribution >= 0.6 is 0 Å². The van der Waals surface area contributed by atoms with Crippen LogP contribution in [0.3, 0.4) is 0 Å². The van der Waals surface area contributed by atoms with E-state index in [-0.39, 0.29) is 12.8 Å². The van der Waals surface area contributed by atoms with Gasteiger partial charge in [-0.15, -0.1) is 12.3 Å². The van der Waals surface area contributed by atoms with Crippen molar-refractivity contribution in [1.82, 2.24) is 0 Å². The zero-order valence-electron chi connectivity index (χ0n) is 11.7. The van der Waals surface area contributed by atoms with Crippen LogP contribution in [0, 0.1) is 17.8 Å². The molecule has 0 saturated carbocycles. The van der Waals surface area contributed by atoms with E-state index in [1.54, 1.807) is 0 Å². The largest absolute Gasteiger partial charge is 0.468 e. The highest BCUT2D eigenvalue weighted by atomic mass is 16.5. The summed E-state index contributed by atoms with van der Waals surface area (Å²) in [6, 6.07) is 9.55. The Balaban J connectivity index is 3.00. The van der Waals surface area contributed by atoms with Crippen LogP contribution < -0.4 is 0 Å². The van der Waals surface area contributed by atoms with Crippen LogP contribution in [0.4, 0.5) is 0 Å². The maximum atomic E-state index is 12.0. The Morgan fingerprint density at radius 3 is 2.15 bits per heavy atom. The number of benzene rings is 1. The fourth-order valence-corrected chi connectivity index (χ4v) is 2.09. The molecule has 0 heterocycles. The molecule has 0 aliphatic rings. The zero-order valence-corrected chi connectivity index (χ0v) is 11.7. The Hall–Kier alpha value is -2.28. The lowest BCUT2D eigenvalue weighted by atomic mass is 9.79. The van der Waals surface area contributed by atoms with E-state index >= 15 is 0 Å². The molecule has 0 saturated heterocycles. The molecular formula is C16H18O4. The summed E-state index contributed by atoms with van der Waals surface area (Å²) >= 11 is 0. The molecule has 0 aromatic heterocycles. The van der Waals surface area contributed by atoms with E-state index < -0.39 is 17.4 Å². The van der Waals surface area contributed by atoms with Gasteiger partial charge in [-0.1, -0.05) is 30.3 Å². The molecule has 0 spiro atoms. The first-order valence-electron chi connectivity index (χ1n) is 6.25. The summed E-state index contributed by atoms with van der Waals surface area (Å²) in [7, 11) is 2.47. The van der Waals surface area contributed by atoms with Crippen LogP contribution in [-0.4, -0.2) is 26.2 Å². The predicted molar refractivity (Wildman–Crippen MR) is 74.7 cm³/mol. The maximum absolute atomic E-state index is 12.0. The second-order valence-corrected chi connectivity index (χ2v) is 4.43. The van der Waals surface area contributed by atoms with Crippen molar-refractivity contribution < 1.29 is 19.1 Å². The van der Waals surface area contributed by atoms with Crippen molar-refractivity contribution in [2.24, 2.45) is 5.41 Å². The first-order valence-corrected chi connectivity index (χ1v) is 6.25. The highest BCUT2D eigenvalue weighted by Gasteiger charge is 2.47. The highest BCUT2D eigenvalue weighted by Crippen LogP contribution is 2.31. The molecule has 4 heteroatoms. The molecule has 0 unspecified atom stereocenters. The number of ether oxygens (including phenoxy) is 2. The second-order valence-electron chi connectivity index (χ2n) is 4.43. The van der Waals surface area contributed by atoms with Crippen LogP contribution in [0.15, 0.2) is 30.3 Å². The van der Waals surface area contributed by atoms with E-state index in [1.807, 2.05) is 30.3 Å². The molecule has 20 heavy (non-hydrogen) atoms. The van der Waals surface area contributed by atoms with Gasteiger partial charge in [-0.3, -0.25) is 9.59 Å². The average Bonchev–Trinajstić information content (AvgIpc) is 2.50. The molecular weight excluding hydrogens is 256 g/mol. The Morgan fingerprint density at radius 2 is 1.70 bits per heavy atom. The van der Waals surface area contributed by atoms with Gasteiger partial charge in [-0.2, -0.15) is 0 Å². The van der Waals surface area contributed by atoms with Crippen molar-refractivity contribution in [3.8, 4) is 12.3 Å². The molecule has 4 nitrogen and oxygen atoms in total. The summed E-state index contributed by atoms with van der Waals surface area (Å²) in [6.45, 7) is 0. The fraction of sp³-hybridized carbons (Fsp3) is 0.375. The lowest BCUT2D eigenvalue weighted by Gasteiger charge is -2.26. The maximum Gasteiger partial charge on any atom is 0.324 e. The average molecular weight is 274 g/mol. The number of aryl methyl sites for hydroxylation is 1. The molecule has 0 radical (unpaired) electrons. The SMILES string of the molecule is C#CCC(CCc1ccccc1)(C(=O)OC)C(=O)OC. The monoisotopic (exact) mass is 274 g/mol. The van der Waals surface area contributed by atoms with Crippen molar-refractivity contribution >= 4 is 11.9 Å². The molecule has 0 aliphatic heterocycles. The van der Waals surface area contributed by atoms with E-state index in [4.69, 9.17) is 15.9 Å². The van der Waals surface area contributed by atoms with Crippen LogP contribution in [0.25, 0.3) is 0 Å². The number of carbonyl (C=O) groups is 2. The summed E-state index contributed by atoms with van der Waals surface area (Å²) in [6.07, 6.45) is 6.05. The van der Waals surface area contributed by atoms with Crippen molar-refractivity contribution in [2.45, 2.75) is 19.3 Å². The van der Waals surface area contributed by atoms with Gasteiger partial charge in [0.2, 0.25) is 0 Å². The molecule has 1 aromatic rings. The van der Waals surface area contributed by atoms with E-state index in [0.29, 0.717) is 6.42 Å². The number of terminal acetylenes is 1. The number of rotatable bonds is 6. The number of esters is 2. The zero-order chi connectivity index (χ0) is 15.0. The first kappa shape index (κ1) is 15.8. The van der Waals surface area contributed by atoms with Crippen molar-refractivity contribution in [3.63, 3.8) is 0 Å². The van der Waals surface area contributed by atoms with Gasteiger partial charge < -0.3 is 9.47 Å². The van der Waals surface area contributed by atoms with Gasteiger partial charge in [0.05, 0.1) is 14.2 Å². The Bertz CT molecular complexity index is 483. The quantitative estimate of drug-likeness (QED) is 0.452. The second kappa shape index (κ2) is 7.34. The van der Waals surface area contributed by atoms with E-state index in [9.17, 15) is 9.59 Å². The molecule has 0 amide bonds. The van der Waals surface area contributed by atoms with Crippen molar-refractivity contribution in [1.29, 1.82) is 0 Å².